The number of benzene rings is 1. The van der Waals surface area contributed by atoms with Crippen LogP contribution in [0.25, 0.3) is 11.5 Å². The normalized spacial score (nSPS) is 14.9. The highest BCUT2D eigenvalue weighted by Gasteiger charge is 2.19. The van der Waals surface area contributed by atoms with E-state index in [-0.39, 0.29) is 6.10 Å². The number of nitrogens with one attached hydrogen (secondary N) is 1. The van der Waals surface area contributed by atoms with Crippen LogP contribution in [-0.2, 0) is 11.2 Å². The van der Waals surface area contributed by atoms with Crippen molar-refractivity contribution in [3.63, 3.8) is 0 Å². The van der Waals surface area contributed by atoms with Crippen LogP contribution < -0.4 is 5.32 Å². The first-order valence-corrected chi connectivity index (χ1v) is 7.05. The van der Waals surface area contributed by atoms with E-state index in [0.717, 1.165) is 31.4 Å². The Morgan fingerprint density at radius 2 is 2.35 bits per heavy atom. The summed E-state index contributed by atoms with van der Waals surface area (Å²) in [4.78, 5) is 4.47. The predicted molar refractivity (Wildman–Crippen MR) is 76.6 cm³/mol. The van der Waals surface area contributed by atoms with Gasteiger partial charge in [0.1, 0.15) is 6.10 Å². The van der Waals surface area contributed by atoms with Crippen LogP contribution in [-0.4, -0.2) is 23.8 Å². The van der Waals surface area contributed by atoms with Crippen molar-refractivity contribution in [2.24, 2.45) is 0 Å². The Morgan fingerprint density at radius 3 is 3.15 bits per heavy atom. The molecule has 0 radical (unpaired) electrons. The van der Waals surface area contributed by atoms with E-state index in [1.807, 2.05) is 6.07 Å². The maximum Gasteiger partial charge on any atom is 0.258 e. The van der Waals surface area contributed by atoms with Gasteiger partial charge >= 0.3 is 0 Å². The molecule has 0 saturated heterocycles. The maximum atomic E-state index is 5.40. The Bertz CT molecular complexity index is 595. The quantitative estimate of drug-likeness (QED) is 0.906. The maximum absolute atomic E-state index is 5.40. The molecule has 0 fully saturated rings. The molecule has 2 aromatic rings. The number of aromatic nitrogens is 2. The minimum atomic E-state index is -0.0925. The fourth-order valence-electron chi connectivity index (χ4n) is 2.52. The number of methoxy groups -OCH3 is 1. The minimum Gasteiger partial charge on any atom is -0.384 e. The van der Waals surface area contributed by atoms with Gasteiger partial charge in [0.2, 0.25) is 5.82 Å². The molecule has 0 amide bonds. The molecular formula is C15H19N3O2. The molecule has 1 aromatic heterocycles. The number of rotatable bonds is 5. The van der Waals surface area contributed by atoms with Gasteiger partial charge in [-0.25, -0.2) is 0 Å². The number of ether oxygens (including phenoxy) is 1. The third kappa shape index (κ3) is 2.41. The molecule has 1 N–H and O–H groups in total. The summed E-state index contributed by atoms with van der Waals surface area (Å²) in [6, 6.07) is 6.22. The minimum absolute atomic E-state index is 0.0925. The first kappa shape index (κ1) is 13.1. The van der Waals surface area contributed by atoms with Crippen LogP contribution in [0, 0.1) is 0 Å². The second kappa shape index (κ2) is 5.63. The molecule has 106 valence electrons. The van der Waals surface area contributed by atoms with Crippen LogP contribution >= 0.6 is 0 Å². The lowest BCUT2D eigenvalue weighted by molar-refractivity contribution is 0.0854. The highest BCUT2D eigenvalue weighted by atomic mass is 16.5. The molecule has 0 spiro atoms. The zero-order chi connectivity index (χ0) is 13.9. The van der Waals surface area contributed by atoms with E-state index in [9.17, 15) is 0 Å². The fourth-order valence-corrected chi connectivity index (χ4v) is 2.52. The molecular weight excluding hydrogens is 254 g/mol. The largest absolute Gasteiger partial charge is 0.384 e. The number of anilines is 1. The zero-order valence-corrected chi connectivity index (χ0v) is 11.8. The summed E-state index contributed by atoms with van der Waals surface area (Å²) in [5.41, 5.74) is 3.46. The molecule has 0 aliphatic carbocycles. The van der Waals surface area contributed by atoms with Gasteiger partial charge in [-0.2, -0.15) is 4.98 Å². The van der Waals surface area contributed by atoms with Crippen molar-refractivity contribution in [1.29, 1.82) is 0 Å². The second-order valence-electron chi connectivity index (χ2n) is 5.02. The van der Waals surface area contributed by atoms with Gasteiger partial charge in [-0.05, 0) is 30.5 Å². The summed E-state index contributed by atoms with van der Waals surface area (Å²) in [6.07, 6.45) is 2.89. The van der Waals surface area contributed by atoms with Crippen LogP contribution in [0.15, 0.2) is 22.7 Å². The highest BCUT2D eigenvalue weighted by Crippen LogP contribution is 2.29. The molecule has 2 heterocycles. The molecule has 3 rings (SSSR count). The topological polar surface area (TPSA) is 60.2 Å². The van der Waals surface area contributed by atoms with Crippen molar-refractivity contribution < 1.29 is 9.26 Å². The van der Waals surface area contributed by atoms with Crippen LogP contribution in [0.3, 0.4) is 0 Å². The van der Waals surface area contributed by atoms with Crippen LogP contribution in [0.4, 0.5) is 5.69 Å². The summed E-state index contributed by atoms with van der Waals surface area (Å²) < 4.78 is 10.8. The lowest BCUT2D eigenvalue weighted by Crippen LogP contribution is -2.03. The lowest BCUT2D eigenvalue weighted by atomic mass is 10.1. The monoisotopic (exact) mass is 273 g/mol. The average molecular weight is 273 g/mol. The van der Waals surface area contributed by atoms with Crippen molar-refractivity contribution in [2.75, 3.05) is 19.0 Å². The highest BCUT2D eigenvalue weighted by molar-refractivity contribution is 5.66. The number of nitrogens with zero attached hydrogens (tertiary/aromatic N) is 2. The van der Waals surface area contributed by atoms with E-state index in [0.29, 0.717) is 11.7 Å². The molecule has 1 aliphatic heterocycles. The van der Waals surface area contributed by atoms with Crippen molar-refractivity contribution in [3.8, 4) is 11.5 Å². The van der Waals surface area contributed by atoms with Crippen LogP contribution in [0.2, 0.25) is 0 Å². The van der Waals surface area contributed by atoms with Gasteiger partial charge < -0.3 is 14.6 Å². The van der Waals surface area contributed by atoms with Crippen molar-refractivity contribution in [3.05, 3.63) is 29.6 Å². The van der Waals surface area contributed by atoms with Gasteiger partial charge in [-0.3, -0.25) is 0 Å². The Balaban J connectivity index is 1.86. The summed E-state index contributed by atoms with van der Waals surface area (Å²) in [7, 11) is 1.68. The number of hydrogen-bond donors (Lipinski definition) is 1. The predicted octanol–water partition coefficient (Wildman–Crippen LogP) is 3.19. The molecule has 0 saturated carbocycles. The lowest BCUT2D eigenvalue weighted by Gasteiger charge is -2.08. The molecule has 1 unspecified atom stereocenters. The van der Waals surface area contributed by atoms with Crippen LogP contribution in [0.5, 0.6) is 0 Å². The van der Waals surface area contributed by atoms with Gasteiger partial charge in [0.15, 0.2) is 0 Å². The van der Waals surface area contributed by atoms with E-state index in [1.54, 1.807) is 7.11 Å². The Hall–Kier alpha value is -1.88. The van der Waals surface area contributed by atoms with Gasteiger partial charge in [-0.1, -0.05) is 24.6 Å². The van der Waals surface area contributed by atoms with Gasteiger partial charge in [0.05, 0.1) is 0 Å². The molecule has 5 heteroatoms. The molecule has 1 aromatic carbocycles. The Morgan fingerprint density at radius 1 is 1.45 bits per heavy atom. The van der Waals surface area contributed by atoms with E-state index >= 15 is 0 Å². The summed E-state index contributed by atoms with van der Waals surface area (Å²) in [5.74, 6) is 1.17. The SMILES string of the molecule is CCCC(OC)c1noc(-c2ccc3c(c2)NCC3)n1. The molecule has 1 aliphatic rings. The van der Waals surface area contributed by atoms with Crippen LogP contribution in [0.1, 0.15) is 37.3 Å². The zero-order valence-electron chi connectivity index (χ0n) is 11.8. The molecule has 0 bridgehead atoms. The number of fused-ring (bicyclic) bond motifs is 1. The van der Waals surface area contributed by atoms with E-state index < -0.39 is 0 Å². The first-order chi connectivity index (χ1) is 9.81. The van der Waals surface area contributed by atoms with E-state index in [4.69, 9.17) is 9.26 Å². The molecule has 1 atom stereocenters. The van der Waals surface area contributed by atoms with Crippen molar-refractivity contribution in [1.82, 2.24) is 10.1 Å². The fraction of sp³-hybridized carbons (Fsp3) is 0.467. The average Bonchev–Trinajstić information content (AvgIpc) is 3.12. The van der Waals surface area contributed by atoms with Crippen molar-refractivity contribution in [2.45, 2.75) is 32.3 Å². The molecule has 5 nitrogen and oxygen atoms in total. The summed E-state index contributed by atoms with van der Waals surface area (Å²) in [5, 5.41) is 7.40. The van der Waals surface area contributed by atoms with Gasteiger partial charge in [-0.15, -0.1) is 0 Å². The van der Waals surface area contributed by atoms with Crippen molar-refractivity contribution >= 4 is 5.69 Å². The third-order valence-corrected chi connectivity index (χ3v) is 3.63. The van der Waals surface area contributed by atoms with E-state index in [2.05, 4.69) is 34.5 Å². The summed E-state index contributed by atoms with van der Waals surface area (Å²) >= 11 is 0. The Labute approximate surface area is 118 Å². The summed E-state index contributed by atoms with van der Waals surface area (Å²) in [6.45, 7) is 3.11. The number of hydrogen-bond acceptors (Lipinski definition) is 5. The first-order valence-electron chi connectivity index (χ1n) is 7.05. The standard InChI is InChI=1S/C15H19N3O2/c1-3-4-13(19-2)14-17-15(20-18-14)11-6-5-10-7-8-16-12(10)9-11/h5-6,9,13,16H,3-4,7-8H2,1-2H3. The van der Waals surface area contributed by atoms with Gasteiger partial charge in [0.25, 0.3) is 5.89 Å². The molecule has 20 heavy (non-hydrogen) atoms. The van der Waals surface area contributed by atoms with E-state index in [1.165, 1.54) is 11.3 Å². The Kier molecular flexibility index (Phi) is 3.69. The van der Waals surface area contributed by atoms with Gasteiger partial charge in [0, 0.05) is 24.9 Å². The third-order valence-electron chi connectivity index (χ3n) is 3.63. The smallest absolute Gasteiger partial charge is 0.258 e. The second-order valence-corrected chi connectivity index (χ2v) is 5.02.